The Labute approximate surface area is 120 Å². The van der Waals surface area contributed by atoms with E-state index in [-0.39, 0.29) is 5.82 Å². The first kappa shape index (κ1) is 14.5. The minimum atomic E-state index is -0.183. The highest BCUT2D eigenvalue weighted by atomic mass is 19.1. The Morgan fingerprint density at radius 1 is 1.05 bits per heavy atom. The fraction of sp³-hybridized carbons (Fsp3) is 0.294. The van der Waals surface area contributed by atoms with Crippen LogP contribution in [0.4, 0.5) is 10.1 Å². The van der Waals surface area contributed by atoms with Gasteiger partial charge in [0.05, 0.1) is 0 Å². The fourth-order valence-electron chi connectivity index (χ4n) is 2.27. The zero-order valence-corrected chi connectivity index (χ0v) is 11.8. The van der Waals surface area contributed by atoms with E-state index in [2.05, 4.69) is 24.0 Å². The zero-order valence-electron chi connectivity index (χ0n) is 11.8. The number of hydrogen-bond acceptors (Lipinski definition) is 2. The maximum absolute atomic E-state index is 13.3. The maximum Gasteiger partial charge on any atom is 0.123 e. The molecule has 0 fully saturated rings. The molecule has 2 aromatic carbocycles. The van der Waals surface area contributed by atoms with Gasteiger partial charge in [-0.05, 0) is 41.8 Å². The van der Waals surface area contributed by atoms with Gasteiger partial charge in [0.2, 0.25) is 0 Å². The summed E-state index contributed by atoms with van der Waals surface area (Å²) in [5.74, 6) is -0.183. The van der Waals surface area contributed by atoms with Crippen LogP contribution in [-0.4, -0.2) is 6.54 Å². The third-order valence-electron chi connectivity index (χ3n) is 3.29. The van der Waals surface area contributed by atoms with E-state index in [9.17, 15) is 4.39 Å². The monoisotopic (exact) mass is 272 g/mol. The Hall–Kier alpha value is -1.87. The molecule has 2 N–H and O–H groups in total. The van der Waals surface area contributed by atoms with Gasteiger partial charge in [-0.2, -0.15) is 0 Å². The molecule has 0 radical (unpaired) electrons. The summed E-state index contributed by atoms with van der Waals surface area (Å²) >= 11 is 0. The van der Waals surface area contributed by atoms with Crippen LogP contribution in [0.15, 0.2) is 48.5 Å². The lowest BCUT2D eigenvalue weighted by Crippen LogP contribution is -2.23. The van der Waals surface area contributed by atoms with Gasteiger partial charge < -0.3 is 10.6 Å². The molecule has 20 heavy (non-hydrogen) atoms. The van der Waals surface area contributed by atoms with Gasteiger partial charge in [0.25, 0.3) is 0 Å². The maximum atomic E-state index is 13.3. The Balaban J connectivity index is 2.17. The predicted octanol–water partition coefficient (Wildman–Crippen LogP) is 3.70. The van der Waals surface area contributed by atoms with Crippen LogP contribution in [0.1, 0.15) is 24.5 Å². The van der Waals surface area contributed by atoms with Gasteiger partial charge in [-0.15, -0.1) is 0 Å². The van der Waals surface area contributed by atoms with E-state index in [0.29, 0.717) is 13.1 Å². The summed E-state index contributed by atoms with van der Waals surface area (Å²) < 4.78 is 13.3. The second-order valence-corrected chi connectivity index (χ2v) is 4.92. The SMILES string of the molecule is CCCN(Cc1cccc(F)c1)c1ccc(CN)cc1. The Morgan fingerprint density at radius 2 is 1.80 bits per heavy atom. The van der Waals surface area contributed by atoms with Gasteiger partial charge in [-0.1, -0.05) is 31.2 Å². The zero-order chi connectivity index (χ0) is 14.4. The molecule has 0 unspecified atom stereocenters. The van der Waals surface area contributed by atoms with Gasteiger partial charge in [-0.25, -0.2) is 4.39 Å². The average molecular weight is 272 g/mol. The molecule has 0 aliphatic heterocycles. The summed E-state index contributed by atoms with van der Waals surface area (Å²) in [7, 11) is 0. The first-order chi connectivity index (χ1) is 9.72. The third-order valence-corrected chi connectivity index (χ3v) is 3.29. The van der Waals surface area contributed by atoms with E-state index in [1.807, 2.05) is 18.2 Å². The van der Waals surface area contributed by atoms with Crippen LogP contribution in [-0.2, 0) is 13.1 Å². The second kappa shape index (κ2) is 7.06. The average Bonchev–Trinajstić information content (AvgIpc) is 2.47. The molecule has 0 bridgehead atoms. The molecular weight excluding hydrogens is 251 g/mol. The van der Waals surface area contributed by atoms with E-state index in [1.54, 1.807) is 12.1 Å². The van der Waals surface area contributed by atoms with E-state index in [0.717, 1.165) is 29.8 Å². The highest BCUT2D eigenvalue weighted by Gasteiger charge is 2.07. The van der Waals surface area contributed by atoms with Crippen molar-refractivity contribution >= 4 is 5.69 Å². The largest absolute Gasteiger partial charge is 0.367 e. The van der Waals surface area contributed by atoms with E-state index in [1.165, 1.54) is 6.07 Å². The van der Waals surface area contributed by atoms with Crippen molar-refractivity contribution in [3.8, 4) is 0 Å². The summed E-state index contributed by atoms with van der Waals surface area (Å²) in [6, 6.07) is 15.0. The molecule has 2 rings (SSSR count). The van der Waals surface area contributed by atoms with Crippen LogP contribution in [0.3, 0.4) is 0 Å². The molecule has 0 aliphatic carbocycles. The second-order valence-electron chi connectivity index (χ2n) is 4.92. The van der Waals surface area contributed by atoms with Crippen molar-refractivity contribution in [2.45, 2.75) is 26.4 Å². The van der Waals surface area contributed by atoms with Crippen LogP contribution in [0.2, 0.25) is 0 Å². The molecule has 0 saturated heterocycles. The van der Waals surface area contributed by atoms with Crippen molar-refractivity contribution in [2.24, 2.45) is 5.73 Å². The van der Waals surface area contributed by atoms with Gasteiger partial charge in [0, 0.05) is 25.3 Å². The van der Waals surface area contributed by atoms with E-state index >= 15 is 0 Å². The van der Waals surface area contributed by atoms with Crippen molar-refractivity contribution in [1.82, 2.24) is 0 Å². The van der Waals surface area contributed by atoms with Crippen LogP contribution < -0.4 is 10.6 Å². The minimum absolute atomic E-state index is 0.183. The molecule has 0 spiro atoms. The molecule has 0 amide bonds. The van der Waals surface area contributed by atoms with Crippen molar-refractivity contribution in [1.29, 1.82) is 0 Å². The molecule has 0 aliphatic rings. The minimum Gasteiger partial charge on any atom is -0.367 e. The predicted molar refractivity (Wildman–Crippen MR) is 82.1 cm³/mol. The number of benzene rings is 2. The first-order valence-corrected chi connectivity index (χ1v) is 7.01. The normalized spacial score (nSPS) is 10.6. The van der Waals surface area contributed by atoms with Crippen molar-refractivity contribution < 1.29 is 4.39 Å². The summed E-state index contributed by atoms with van der Waals surface area (Å²) in [5.41, 5.74) is 8.87. The summed E-state index contributed by atoms with van der Waals surface area (Å²) in [4.78, 5) is 2.26. The number of rotatable bonds is 6. The van der Waals surface area contributed by atoms with E-state index < -0.39 is 0 Å². The standard InChI is InChI=1S/C17H21FN2/c1-2-10-20(13-15-4-3-5-16(18)11-15)17-8-6-14(12-19)7-9-17/h3-9,11H,2,10,12-13,19H2,1H3. The lowest BCUT2D eigenvalue weighted by molar-refractivity contribution is 0.624. The molecule has 2 aromatic rings. The molecule has 0 saturated carbocycles. The van der Waals surface area contributed by atoms with Gasteiger partial charge in [0.15, 0.2) is 0 Å². The van der Waals surface area contributed by atoms with Crippen LogP contribution in [0.5, 0.6) is 0 Å². The molecule has 0 atom stereocenters. The van der Waals surface area contributed by atoms with Gasteiger partial charge >= 0.3 is 0 Å². The number of nitrogens with two attached hydrogens (primary N) is 1. The summed E-state index contributed by atoms with van der Waals surface area (Å²) in [5, 5.41) is 0. The highest BCUT2D eigenvalue weighted by Crippen LogP contribution is 2.19. The Kier molecular flexibility index (Phi) is 5.13. The molecule has 0 heterocycles. The Morgan fingerprint density at radius 3 is 2.40 bits per heavy atom. The summed E-state index contributed by atoms with van der Waals surface area (Å²) in [6.45, 7) is 4.36. The van der Waals surface area contributed by atoms with Crippen molar-refractivity contribution in [2.75, 3.05) is 11.4 Å². The lowest BCUT2D eigenvalue weighted by Gasteiger charge is -2.24. The molecule has 0 aromatic heterocycles. The van der Waals surface area contributed by atoms with Crippen molar-refractivity contribution in [3.05, 3.63) is 65.5 Å². The molecule has 2 nitrogen and oxygen atoms in total. The summed E-state index contributed by atoms with van der Waals surface area (Å²) in [6.07, 6.45) is 1.05. The van der Waals surface area contributed by atoms with Crippen LogP contribution in [0, 0.1) is 5.82 Å². The smallest absolute Gasteiger partial charge is 0.123 e. The number of nitrogens with zero attached hydrogens (tertiary/aromatic N) is 1. The third kappa shape index (κ3) is 3.81. The quantitative estimate of drug-likeness (QED) is 0.868. The number of hydrogen-bond donors (Lipinski definition) is 1. The lowest BCUT2D eigenvalue weighted by atomic mass is 10.1. The van der Waals surface area contributed by atoms with Crippen LogP contribution >= 0.6 is 0 Å². The molecule has 3 heteroatoms. The van der Waals surface area contributed by atoms with E-state index in [4.69, 9.17) is 5.73 Å². The number of anilines is 1. The molecular formula is C17H21FN2. The topological polar surface area (TPSA) is 29.3 Å². The van der Waals surface area contributed by atoms with Crippen LogP contribution in [0.25, 0.3) is 0 Å². The molecule has 106 valence electrons. The van der Waals surface area contributed by atoms with Gasteiger partial charge in [0.1, 0.15) is 5.82 Å². The first-order valence-electron chi connectivity index (χ1n) is 7.01. The highest BCUT2D eigenvalue weighted by molar-refractivity contribution is 5.48. The van der Waals surface area contributed by atoms with Crippen molar-refractivity contribution in [3.63, 3.8) is 0 Å². The Bertz CT molecular complexity index is 537. The van der Waals surface area contributed by atoms with Gasteiger partial charge in [-0.3, -0.25) is 0 Å². The number of halogens is 1. The fourth-order valence-corrected chi connectivity index (χ4v) is 2.27.